The number of hydrogen-bond acceptors (Lipinski definition) is 5. The molecule has 0 aromatic carbocycles. The van der Waals surface area contributed by atoms with Gasteiger partial charge in [0.25, 0.3) is 0 Å². The van der Waals surface area contributed by atoms with Crippen LogP contribution in [0.15, 0.2) is 18.5 Å². The van der Waals surface area contributed by atoms with E-state index in [1.807, 2.05) is 6.07 Å². The van der Waals surface area contributed by atoms with Gasteiger partial charge in [-0.1, -0.05) is 19.3 Å². The molecule has 2 amide bonds. The molecule has 0 atom stereocenters. The van der Waals surface area contributed by atoms with Crippen LogP contribution < -0.4 is 15.5 Å². The van der Waals surface area contributed by atoms with Gasteiger partial charge >= 0.3 is 6.03 Å². The van der Waals surface area contributed by atoms with Gasteiger partial charge in [-0.25, -0.2) is 14.8 Å². The minimum Gasteiger partial charge on any atom is -0.338 e. The van der Waals surface area contributed by atoms with E-state index in [-0.39, 0.29) is 6.03 Å². The summed E-state index contributed by atoms with van der Waals surface area (Å²) in [7, 11) is 0. The number of carbonyl (C=O) groups excluding carboxylic acids is 1. The number of nitrogens with zero attached hydrogens (tertiary/aromatic N) is 4. The quantitative estimate of drug-likeness (QED) is 0.698. The van der Waals surface area contributed by atoms with Gasteiger partial charge in [-0.2, -0.15) is 0 Å². The van der Waals surface area contributed by atoms with E-state index in [0.29, 0.717) is 0 Å². The number of amides is 2. The zero-order valence-electron chi connectivity index (χ0n) is 15.0. The molecule has 2 heterocycles. The minimum absolute atomic E-state index is 0.0228. The van der Waals surface area contributed by atoms with Crippen LogP contribution >= 0.6 is 0 Å². The number of aromatic nitrogens is 2. The maximum Gasteiger partial charge on any atom is 0.314 e. The Morgan fingerprint density at radius 1 is 1.08 bits per heavy atom. The third kappa shape index (κ3) is 5.85. The van der Waals surface area contributed by atoms with Gasteiger partial charge in [0.15, 0.2) is 0 Å². The van der Waals surface area contributed by atoms with Crippen LogP contribution in [0.25, 0.3) is 0 Å². The van der Waals surface area contributed by atoms with Crippen molar-refractivity contribution in [3.8, 4) is 0 Å². The van der Waals surface area contributed by atoms with Gasteiger partial charge < -0.3 is 15.5 Å². The van der Waals surface area contributed by atoms with Crippen LogP contribution in [0.1, 0.15) is 32.1 Å². The average Bonchev–Trinajstić information content (AvgIpc) is 2.62. The lowest BCUT2D eigenvalue weighted by Gasteiger charge is -2.34. The second kappa shape index (κ2) is 9.56. The van der Waals surface area contributed by atoms with Crippen molar-refractivity contribution in [2.24, 2.45) is 5.92 Å². The fourth-order valence-corrected chi connectivity index (χ4v) is 3.36. The molecule has 2 fully saturated rings. The number of nitrogens with one attached hydrogen (secondary N) is 2. The first-order valence-electron chi connectivity index (χ1n) is 9.57. The van der Waals surface area contributed by atoms with Crippen molar-refractivity contribution in [2.45, 2.75) is 32.1 Å². The molecule has 2 N–H and O–H groups in total. The van der Waals surface area contributed by atoms with E-state index in [2.05, 4.69) is 30.4 Å². The van der Waals surface area contributed by atoms with Gasteiger partial charge in [-0.3, -0.25) is 4.90 Å². The van der Waals surface area contributed by atoms with E-state index in [4.69, 9.17) is 0 Å². The Morgan fingerprint density at radius 3 is 2.48 bits per heavy atom. The topological polar surface area (TPSA) is 73.4 Å². The van der Waals surface area contributed by atoms with E-state index in [9.17, 15) is 4.79 Å². The lowest BCUT2D eigenvalue weighted by molar-refractivity contribution is 0.232. The zero-order valence-corrected chi connectivity index (χ0v) is 15.0. The summed E-state index contributed by atoms with van der Waals surface area (Å²) in [4.78, 5) is 25.0. The third-order valence-electron chi connectivity index (χ3n) is 5.21. The van der Waals surface area contributed by atoms with Crippen molar-refractivity contribution < 1.29 is 4.79 Å². The second-order valence-electron chi connectivity index (χ2n) is 7.00. The molecule has 0 unspecified atom stereocenters. The lowest BCUT2D eigenvalue weighted by Crippen LogP contribution is -2.47. The predicted molar refractivity (Wildman–Crippen MR) is 98.7 cm³/mol. The molecular formula is C18H30N6O. The predicted octanol–water partition coefficient (Wildman–Crippen LogP) is 1.48. The average molecular weight is 346 g/mol. The van der Waals surface area contributed by atoms with Crippen LogP contribution in [-0.4, -0.2) is 66.7 Å². The Balaban J connectivity index is 1.21. The Labute approximate surface area is 150 Å². The van der Waals surface area contributed by atoms with Crippen molar-refractivity contribution >= 4 is 12.0 Å². The summed E-state index contributed by atoms with van der Waals surface area (Å²) >= 11 is 0. The maximum absolute atomic E-state index is 11.7. The summed E-state index contributed by atoms with van der Waals surface area (Å²) in [5.74, 6) is 1.67. The molecule has 1 aromatic rings. The molecular weight excluding hydrogens is 316 g/mol. The highest BCUT2D eigenvalue weighted by Crippen LogP contribution is 2.28. The van der Waals surface area contributed by atoms with Crippen LogP contribution in [0.4, 0.5) is 10.7 Å². The molecule has 3 rings (SSSR count). The molecule has 25 heavy (non-hydrogen) atoms. The second-order valence-corrected chi connectivity index (χ2v) is 7.00. The van der Waals surface area contributed by atoms with E-state index in [1.165, 1.54) is 19.3 Å². The van der Waals surface area contributed by atoms with Gasteiger partial charge in [0.2, 0.25) is 5.95 Å². The van der Waals surface area contributed by atoms with Crippen molar-refractivity contribution in [3.05, 3.63) is 18.5 Å². The SMILES string of the molecule is O=C(NCCCN1CCN(c2ncccn2)CC1)NCCC1CCC1. The molecule has 138 valence electrons. The number of carbonyl (C=O) groups is 1. The number of hydrogen-bond donors (Lipinski definition) is 2. The molecule has 0 radical (unpaired) electrons. The molecule has 0 spiro atoms. The van der Waals surface area contributed by atoms with Crippen LogP contribution in [0, 0.1) is 5.92 Å². The van der Waals surface area contributed by atoms with Crippen LogP contribution in [0.5, 0.6) is 0 Å². The molecule has 1 saturated heterocycles. The Bertz CT molecular complexity index is 514. The lowest BCUT2D eigenvalue weighted by atomic mass is 9.83. The van der Waals surface area contributed by atoms with Crippen molar-refractivity contribution in [1.29, 1.82) is 0 Å². The molecule has 2 aliphatic rings. The van der Waals surface area contributed by atoms with E-state index < -0.39 is 0 Å². The highest BCUT2D eigenvalue weighted by molar-refractivity contribution is 5.73. The zero-order chi connectivity index (χ0) is 17.3. The summed E-state index contributed by atoms with van der Waals surface area (Å²) in [5, 5.41) is 5.92. The largest absolute Gasteiger partial charge is 0.338 e. The number of anilines is 1. The molecule has 1 aliphatic heterocycles. The minimum atomic E-state index is -0.0228. The van der Waals surface area contributed by atoms with E-state index in [1.54, 1.807) is 12.4 Å². The standard InChI is InChI=1S/C18H30N6O/c25-18(22-10-6-16-4-1-5-16)21-9-3-11-23-12-14-24(15-13-23)17-19-7-2-8-20-17/h2,7-8,16H,1,3-6,9-15H2,(H2,21,22,25). The van der Waals surface area contributed by atoms with Gasteiger partial charge in [0.05, 0.1) is 0 Å². The number of urea groups is 1. The summed E-state index contributed by atoms with van der Waals surface area (Å²) in [6.07, 6.45) is 9.74. The maximum atomic E-state index is 11.7. The third-order valence-corrected chi connectivity index (χ3v) is 5.21. The smallest absolute Gasteiger partial charge is 0.314 e. The van der Waals surface area contributed by atoms with Gasteiger partial charge in [0, 0.05) is 51.7 Å². The molecule has 7 nitrogen and oxygen atoms in total. The number of rotatable bonds is 8. The van der Waals surface area contributed by atoms with Crippen molar-refractivity contribution in [1.82, 2.24) is 25.5 Å². The molecule has 1 aliphatic carbocycles. The highest BCUT2D eigenvalue weighted by Gasteiger charge is 2.18. The van der Waals surface area contributed by atoms with Crippen molar-refractivity contribution in [2.75, 3.05) is 50.7 Å². The van der Waals surface area contributed by atoms with E-state index >= 15 is 0 Å². The fraction of sp³-hybridized carbons (Fsp3) is 0.722. The summed E-state index contributed by atoms with van der Waals surface area (Å²) in [5.41, 5.74) is 0. The first-order chi connectivity index (χ1) is 12.3. The van der Waals surface area contributed by atoms with E-state index in [0.717, 1.165) is 70.5 Å². The number of piperazine rings is 1. The summed E-state index contributed by atoms with van der Waals surface area (Å²) in [6.45, 7) is 6.51. The molecule has 0 bridgehead atoms. The van der Waals surface area contributed by atoms with Gasteiger partial charge in [-0.05, 0) is 31.4 Å². The monoisotopic (exact) mass is 346 g/mol. The highest BCUT2D eigenvalue weighted by atomic mass is 16.2. The van der Waals surface area contributed by atoms with Crippen LogP contribution in [0.3, 0.4) is 0 Å². The van der Waals surface area contributed by atoms with Crippen molar-refractivity contribution in [3.63, 3.8) is 0 Å². The molecule has 7 heteroatoms. The van der Waals surface area contributed by atoms with Gasteiger partial charge in [-0.15, -0.1) is 0 Å². The first-order valence-corrected chi connectivity index (χ1v) is 9.57. The van der Waals surface area contributed by atoms with Gasteiger partial charge in [0.1, 0.15) is 0 Å². The normalized spacial score (nSPS) is 18.6. The summed E-state index contributed by atoms with van der Waals surface area (Å²) in [6, 6.07) is 1.82. The Kier molecular flexibility index (Phi) is 6.85. The molecule has 1 saturated carbocycles. The van der Waals surface area contributed by atoms with Crippen LogP contribution in [-0.2, 0) is 0 Å². The fourth-order valence-electron chi connectivity index (χ4n) is 3.36. The Hall–Kier alpha value is -1.89. The Morgan fingerprint density at radius 2 is 1.80 bits per heavy atom. The first kappa shape index (κ1) is 17.9. The van der Waals surface area contributed by atoms with Crippen LogP contribution in [0.2, 0.25) is 0 Å². The summed E-state index contributed by atoms with van der Waals surface area (Å²) < 4.78 is 0. The molecule has 1 aromatic heterocycles.